The van der Waals surface area contributed by atoms with Crippen molar-refractivity contribution in [3.05, 3.63) is 34.3 Å². The molecule has 0 spiro atoms. The van der Waals surface area contributed by atoms with Gasteiger partial charge in [-0.15, -0.1) is 0 Å². The molecule has 0 saturated carbocycles. The number of rotatable bonds is 2. The highest BCUT2D eigenvalue weighted by Crippen LogP contribution is 2.31. The highest BCUT2D eigenvalue weighted by Gasteiger charge is 2.30. The molecule has 1 amide bonds. The number of nitrogens with one attached hydrogen (secondary N) is 1. The van der Waals surface area contributed by atoms with E-state index >= 15 is 0 Å². The van der Waals surface area contributed by atoms with Crippen molar-refractivity contribution in [1.29, 1.82) is 0 Å². The summed E-state index contributed by atoms with van der Waals surface area (Å²) in [4.78, 5) is 10.6. The second-order valence-corrected chi connectivity index (χ2v) is 4.13. The molecule has 1 N–H and O–H groups in total. The maximum Gasteiger partial charge on any atom is 0.416 e. The van der Waals surface area contributed by atoms with Crippen molar-refractivity contribution in [2.24, 2.45) is 0 Å². The molecular formula is C13H11ClF3NO. The van der Waals surface area contributed by atoms with Gasteiger partial charge in [0, 0.05) is 25.5 Å². The van der Waals surface area contributed by atoms with Crippen molar-refractivity contribution >= 4 is 17.5 Å². The molecule has 0 fully saturated rings. The Morgan fingerprint density at radius 1 is 1.42 bits per heavy atom. The van der Waals surface area contributed by atoms with Gasteiger partial charge in [-0.05, 0) is 18.2 Å². The lowest BCUT2D eigenvalue weighted by Crippen LogP contribution is -2.20. The molecule has 0 heterocycles. The predicted molar refractivity (Wildman–Crippen MR) is 66.6 cm³/mol. The number of amides is 1. The van der Waals surface area contributed by atoms with E-state index in [2.05, 4.69) is 17.2 Å². The van der Waals surface area contributed by atoms with Crippen LogP contribution in [0.4, 0.5) is 13.2 Å². The van der Waals surface area contributed by atoms with E-state index in [0.717, 1.165) is 12.1 Å². The lowest BCUT2D eigenvalue weighted by Gasteiger charge is -2.07. The summed E-state index contributed by atoms with van der Waals surface area (Å²) in [5.41, 5.74) is -0.473. The summed E-state index contributed by atoms with van der Waals surface area (Å²) in [6.45, 7) is 1.78. The zero-order chi connectivity index (χ0) is 14.5. The SMILES string of the molecule is CC(=O)NCCC#Cc1ccc(C(F)(F)F)cc1Cl. The van der Waals surface area contributed by atoms with Gasteiger partial charge in [0.15, 0.2) is 0 Å². The first kappa shape index (κ1) is 15.4. The number of alkyl halides is 3. The van der Waals surface area contributed by atoms with E-state index in [9.17, 15) is 18.0 Å². The summed E-state index contributed by atoms with van der Waals surface area (Å²) in [7, 11) is 0. The Balaban J connectivity index is 2.71. The minimum Gasteiger partial charge on any atom is -0.355 e. The molecule has 0 aliphatic carbocycles. The highest BCUT2D eigenvalue weighted by atomic mass is 35.5. The Morgan fingerprint density at radius 2 is 2.11 bits per heavy atom. The van der Waals surface area contributed by atoms with E-state index < -0.39 is 11.7 Å². The number of hydrogen-bond acceptors (Lipinski definition) is 1. The van der Waals surface area contributed by atoms with Crippen molar-refractivity contribution in [2.45, 2.75) is 19.5 Å². The van der Waals surface area contributed by atoms with Crippen LogP contribution in [0.25, 0.3) is 0 Å². The Hall–Kier alpha value is -1.67. The fourth-order valence-electron chi connectivity index (χ4n) is 1.25. The van der Waals surface area contributed by atoms with E-state index in [-0.39, 0.29) is 10.9 Å². The van der Waals surface area contributed by atoms with E-state index in [1.54, 1.807) is 0 Å². The van der Waals surface area contributed by atoms with Gasteiger partial charge in [0.25, 0.3) is 0 Å². The van der Waals surface area contributed by atoms with Crippen LogP contribution in [0.1, 0.15) is 24.5 Å². The van der Waals surface area contributed by atoms with Crippen molar-refractivity contribution in [3.63, 3.8) is 0 Å². The lowest BCUT2D eigenvalue weighted by atomic mass is 10.1. The second-order valence-electron chi connectivity index (χ2n) is 3.73. The molecule has 0 bridgehead atoms. The third-order valence-electron chi connectivity index (χ3n) is 2.14. The largest absolute Gasteiger partial charge is 0.416 e. The molecule has 6 heteroatoms. The number of carbonyl (C=O) groups excluding carboxylic acids is 1. The Kier molecular flexibility index (Phi) is 5.25. The molecule has 0 aromatic heterocycles. The van der Waals surface area contributed by atoms with E-state index in [1.165, 1.54) is 13.0 Å². The minimum absolute atomic E-state index is 0.0400. The van der Waals surface area contributed by atoms with E-state index in [1.807, 2.05) is 0 Å². The van der Waals surface area contributed by atoms with Crippen LogP contribution in [0.3, 0.4) is 0 Å². The summed E-state index contributed by atoms with van der Waals surface area (Å²) < 4.78 is 37.2. The average Bonchev–Trinajstić information content (AvgIpc) is 2.28. The molecule has 1 rings (SSSR count). The first-order chi connectivity index (χ1) is 8.80. The van der Waals surface area contributed by atoms with Crippen LogP contribution in [-0.4, -0.2) is 12.5 Å². The maximum atomic E-state index is 12.4. The Morgan fingerprint density at radius 3 is 2.63 bits per heavy atom. The number of carbonyl (C=O) groups is 1. The molecule has 0 saturated heterocycles. The molecule has 2 nitrogen and oxygen atoms in total. The summed E-state index contributed by atoms with van der Waals surface area (Å²) in [6.07, 6.45) is -4.02. The molecule has 0 unspecified atom stereocenters. The zero-order valence-electron chi connectivity index (χ0n) is 10.1. The van der Waals surface area contributed by atoms with Crippen LogP contribution in [0.15, 0.2) is 18.2 Å². The highest BCUT2D eigenvalue weighted by molar-refractivity contribution is 6.31. The Bertz CT molecular complexity index is 529. The molecular weight excluding hydrogens is 279 g/mol. The van der Waals surface area contributed by atoms with Crippen LogP contribution >= 0.6 is 11.6 Å². The minimum atomic E-state index is -4.42. The van der Waals surface area contributed by atoms with Crippen LogP contribution in [-0.2, 0) is 11.0 Å². The van der Waals surface area contributed by atoms with Gasteiger partial charge < -0.3 is 5.32 Å². The van der Waals surface area contributed by atoms with E-state index in [4.69, 9.17) is 11.6 Å². The monoisotopic (exact) mass is 289 g/mol. The quantitative estimate of drug-likeness (QED) is 0.657. The van der Waals surface area contributed by atoms with Gasteiger partial charge in [0.2, 0.25) is 5.91 Å². The van der Waals surface area contributed by atoms with Gasteiger partial charge in [-0.1, -0.05) is 23.4 Å². The van der Waals surface area contributed by atoms with Crippen molar-refractivity contribution in [2.75, 3.05) is 6.54 Å². The number of benzene rings is 1. The molecule has 102 valence electrons. The first-order valence-corrected chi connectivity index (χ1v) is 5.78. The van der Waals surface area contributed by atoms with Gasteiger partial charge >= 0.3 is 6.18 Å². The zero-order valence-corrected chi connectivity index (χ0v) is 10.8. The van der Waals surface area contributed by atoms with Crippen molar-refractivity contribution < 1.29 is 18.0 Å². The summed E-state index contributed by atoms with van der Waals surface area (Å²) in [5, 5.41) is 2.51. The molecule has 0 radical (unpaired) electrons. The standard InChI is InChI=1S/C13H11ClF3NO/c1-9(19)18-7-3-2-4-10-5-6-11(8-12(10)14)13(15,16)17/h5-6,8H,3,7H2,1H3,(H,18,19). The molecule has 0 aliphatic rings. The summed E-state index contributed by atoms with van der Waals surface area (Å²) in [6, 6.07) is 3.01. The average molecular weight is 290 g/mol. The Labute approximate surface area is 113 Å². The maximum absolute atomic E-state index is 12.4. The number of hydrogen-bond donors (Lipinski definition) is 1. The van der Waals surface area contributed by atoms with Crippen molar-refractivity contribution in [1.82, 2.24) is 5.32 Å². The van der Waals surface area contributed by atoms with Gasteiger partial charge in [0.05, 0.1) is 10.6 Å². The molecule has 0 aliphatic heterocycles. The molecule has 0 atom stereocenters. The van der Waals surface area contributed by atoms with Crippen LogP contribution in [0, 0.1) is 11.8 Å². The summed E-state index contributed by atoms with van der Waals surface area (Å²) in [5.74, 6) is 5.23. The lowest BCUT2D eigenvalue weighted by molar-refractivity contribution is -0.137. The van der Waals surface area contributed by atoms with Gasteiger partial charge in [-0.2, -0.15) is 13.2 Å². The summed E-state index contributed by atoms with van der Waals surface area (Å²) >= 11 is 5.73. The smallest absolute Gasteiger partial charge is 0.355 e. The first-order valence-electron chi connectivity index (χ1n) is 5.41. The fourth-order valence-corrected chi connectivity index (χ4v) is 1.48. The van der Waals surface area contributed by atoms with Crippen LogP contribution in [0.2, 0.25) is 5.02 Å². The van der Waals surface area contributed by atoms with Crippen LogP contribution < -0.4 is 5.32 Å². The topological polar surface area (TPSA) is 29.1 Å². The second kappa shape index (κ2) is 6.48. The molecule has 19 heavy (non-hydrogen) atoms. The van der Waals surface area contributed by atoms with Gasteiger partial charge in [-0.25, -0.2) is 0 Å². The third-order valence-corrected chi connectivity index (χ3v) is 2.46. The van der Waals surface area contributed by atoms with Crippen molar-refractivity contribution in [3.8, 4) is 11.8 Å². The fraction of sp³-hybridized carbons (Fsp3) is 0.308. The number of halogens is 4. The molecule has 1 aromatic rings. The normalized spacial score (nSPS) is 10.6. The molecule has 1 aromatic carbocycles. The predicted octanol–water partition coefficient (Wildman–Crippen LogP) is 3.24. The van der Waals surface area contributed by atoms with Gasteiger partial charge in [0.1, 0.15) is 0 Å². The third kappa shape index (κ3) is 5.23. The van der Waals surface area contributed by atoms with Crippen LogP contribution in [0.5, 0.6) is 0 Å². The van der Waals surface area contributed by atoms with Gasteiger partial charge in [-0.3, -0.25) is 4.79 Å². The van der Waals surface area contributed by atoms with E-state index in [0.29, 0.717) is 18.5 Å².